The second-order valence-corrected chi connectivity index (χ2v) is 4.29. The number of nitrogens with one attached hydrogen (secondary N) is 1. The second kappa shape index (κ2) is 6.80. The van der Waals surface area contributed by atoms with Crippen molar-refractivity contribution in [2.24, 2.45) is 0 Å². The molecule has 98 valence electrons. The smallest absolute Gasteiger partial charge is 0.313 e. The van der Waals surface area contributed by atoms with Gasteiger partial charge in [0, 0.05) is 32.3 Å². The van der Waals surface area contributed by atoms with E-state index in [1.54, 1.807) is 4.57 Å². The standard InChI is InChI=1S/C10H13N3O4S/c1-11-7(14)2-4-13-5-3-8(15)12-10(13)18-6-9(16)17/h3,5H,2,4,6H2,1H3,(H,11,14)(H,16,17). The number of hydrogen-bond donors (Lipinski definition) is 2. The highest BCUT2D eigenvalue weighted by Crippen LogP contribution is 2.13. The molecule has 0 bridgehead atoms. The fourth-order valence-corrected chi connectivity index (χ4v) is 1.90. The quantitative estimate of drug-likeness (QED) is 0.537. The van der Waals surface area contributed by atoms with Crippen molar-refractivity contribution in [2.45, 2.75) is 18.1 Å². The molecule has 0 radical (unpaired) electrons. The minimum absolute atomic E-state index is 0.136. The molecule has 1 amide bonds. The van der Waals surface area contributed by atoms with Gasteiger partial charge < -0.3 is 15.0 Å². The number of amides is 1. The Hall–Kier alpha value is -1.83. The van der Waals surface area contributed by atoms with Gasteiger partial charge in [-0.3, -0.25) is 14.4 Å². The van der Waals surface area contributed by atoms with Gasteiger partial charge in [-0.1, -0.05) is 11.8 Å². The summed E-state index contributed by atoms with van der Waals surface area (Å²) in [6.07, 6.45) is 1.74. The van der Waals surface area contributed by atoms with E-state index in [9.17, 15) is 14.4 Å². The lowest BCUT2D eigenvalue weighted by molar-refractivity contribution is -0.134. The van der Waals surface area contributed by atoms with E-state index in [2.05, 4.69) is 10.3 Å². The summed E-state index contributed by atoms with van der Waals surface area (Å²) in [4.78, 5) is 36.4. The average molecular weight is 271 g/mol. The molecule has 0 aliphatic carbocycles. The summed E-state index contributed by atoms with van der Waals surface area (Å²) in [5.41, 5.74) is -0.431. The van der Waals surface area contributed by atoms with Crippen LogP contribution < -0.4 is 10.9 Å². The highest BCUT2D eigenvalue weighted by Gasteiger charge is 2.08. The summed E-state index contributed by atoms with van der Waals surface area (Å²) in [5.74, 6) is -1.31. The molecule has 1 aromatic heterocycles. The first kappa shape index (κ1) is 14.2. The first-order chi connectivity index (χ1) is 8.52. The Balaban J connectivity index is 2.79. The van der Waals surface area contributed by atoms with E-state index in [4.69, 9.17) is 5.11 Å². The van der Waals surface area contributed by atoms with Gasteiger partial charge in [0.1, 0.15) is 0 Å². The van der Waals surface area contributed by atoms with Crippen LogP contribution in [0.2, 0.25) is 0 Å². The topological polar surface area (TPSA) is 101 Å². The minimum Gasteiger partial charge on any atom is -0.481 e. The number of aryl methyl sites for hydroxylation is 1. The number of aliphatic carboxylic acids is 1. The molecule has 0 unspecified atom stereocenters. The van der Waals surface area contributed by atoms with Gasteiger partial charge in [0.2, 0.25) is 5.91 Å². The zero-order chi connectivity index (χ0) is 13.5. The van der Waals surface area contributed by atoms with Crippen LogP contribution in [-0.4, -0.2) is 39.3 Å². The maximum atomic E-state index is 11.1. The third-order valence-corrected chi connectivity index (χ3v) is 3.01. The molecule has 8 heteroatoms. The van der Waals surface area contributed by atoms with E-state index < -0.39 is 11.5 Å². The third-order valence-electron chi connectivity index (χ3n) is 2.03. The number of carboxylic acids is 1. The van der Waals surface area contributed by atoms with Crippen LogP contribution in [-0.2, 0) is 16.1 Å². The van der Waals surface area contributed by atoms with Crippen molar-refractivity contribution in [3.63, 3.8) is 0 Å². The van der Waals surface area contributed by atoms with E-state index in [1.165, 1.54) is 19.3 Å². The number of carbonyl (C=O) groups excluding carboxylic acids is 1. The molecular weight excluding hydrogens is 258 g/mol. The summed E-state index contributed by atoms with van der Waals surface area (Å²) in [6, 6.07) is 1.27. The first-order valence-electron chi connectivity index (χ1n) is 5.15. The highest BCUT2D eigenvalue weighted by molar-refractivity contribution is 7.99. The van der Waals surface area contributed by atoms with Crippen LogP contribution in [0.15, 0.2) is 22.2 Å². The number of aromatic nitrogens is 2. The summed E-state index contributed by atoms with van der Waals surface area (Å²) < 4.78 is 1.59. The maximum Gasteiger partial charge on any atom is 0.313 e. The van der Waals surface area contributed by atoms with Gasteiger partial charge in [0.15, 0.2) is 5.16 Å². The van der Waals surface area contributed by atoms with Gasteiger partial charge in [-0.15, -0.1) is 0 Å². The van der Waals surface area contributed by atoms with E-state index in [-0.39, 0.29) is 18.1 Å². The molecule has 18 heavy (non-hydrogen) atoms. The van der Waals surface area contributed by atoms with Crippen LogP contribution >= 0.6 is 11.8 Å². The Morgan fingerprint density at radius 1 is 1.56 bits per heavy atom. The molecule has 0 fully saturated rings. The van der Waals surface area contributed by atoms with Crippen LogP contribution in [0.5, 0.6) is 0 Å². The van der Waals surface area contributed by atoms with E-state index >= 15 is 0 Å². The normalized spacial score (nSPS) is 10.1. The summed E-state index contributed by atoms with van der Waals surface area (Å²) in [5, 5.41) is 11.4. The van der Waals surface area contributed by atoms with Gasteiger partial charge >= 0.3 is 5.97 Å². The van der Waals surface area contributed by atoms with E-state index in [0.29, 0.717) is 11.7 Å². The average Bonchev–Trinajstić information content (AvgIpc) is 2.34. The zero-order valence-electron chi connectivity index (χ0n) is 9.75. The number of carboxylic acid groups (broad SMARTS) is 1. The lowest BCUT2D eigenvalue weighted by atomic mass is 10.4. The molecule has 2 N–H and O–H groups in total. The fraction of sp³-hybridized carbons (Fsp3) is 0.400. The number of hydrogen-bond acceptors (Lipinski definition) is 5. The summed E-state index contributed by atoms with van der Waals surface area (Å²) in [6.45, 7) is 0.342. The van der Waals surface area contributed by atoms with Crippen LogP contribution in [0.25, 0.3) is 0 Å². The number of nitrogens with zero attached hydrogens (tertiary/aromatic N) is 2. The Labute approximate surface area is 107 Å². The van der Waals surface area contributed by atoms with Crippen LogP contribution in [0, 0.1) is 0 Å². The van der Waals surface area contributed by atoms with Crippen molar-refractivity contribution in [1.82, 2.24) is 14.9 Å². The molecule has 7 nitrogen and oxygen atoms in total. The van der Waals surface area contributed by atoms with Gasteiger partial charge in [0.25, 0.3) is 5.56 Å². The Morgan fingerprint density at radius 2 is 2.28 bits per heavy atom. The number of carbonyl (C=O) groups is 2. The molecule has 0 atom stereocenters. The van der Waals surface area contributed by atoms with Crippen LogP contribution in [0.4, 0.5) is 0 Å². The van der Waals surface area contributed by atoms with Crippen molar-refractivity contribution in [3.8, 4) is 0 Å². The lowest BCUT2D eigenvalue weighted by Crippen LogP contribution is -2.21. The predicted octanol–water partition coefficient (Wildman–Crippen LogP) is -0.444. The van der Waals surface area contributed by atoms with Gasteiger partial charge in [0.05, 0.1) is 5.75 Å². The second-order valence-electron chi connectivity index (χ2n) is 3.35. The van der Waals surface area contributed by atoms with Crippen LogP contribution in [0.1, 0.15) is 6.42 Å². The largest absolute Gasteiger partial charge is 0.481 e. The predicted molar refractivity (Wildman–Crippen MR) is 65.5 cm³/mol. The number of thioether (sulfide) groups is 1. The molecule has 1 heterocycles. The molecule has 1 rings (SSSR count). The van der Waals surface area contributed by atoms with Crippen molar-refractivity contribution in [3.05, 3.63) is 22.6 Å². The first-order valence-corrected chi connectivity index (χ1v) is 6.14. The lowest BCUT2D eigenvalue weighted by Gasteiger charge is -2.10. The molecule has 0 spiro atoms. The molecule has 1 aromatic rings. The molecular formula is C10H13N3O4S. The molecule has 0 aliphatic heterocycles. The van der Waals surface area contributed by atoms with Crippen molar-refractivity contribution in [2.75, 3.05) is 12.8 Å². The molecule has 0 saturated heterocycles. The van der Waals surface area contributed by atoms with Gasteiger partial charge in [-0.2, -0.15) is 4.98 Å². The van der Waals surface area contributed by atoms with Crippen molar-refractivity contribution < 1.29 is 14.7 Å². The van der Waals surface area contributed by atoms with Gasteiger partial charge in [-0.05, 0) is 0 Å². The fourth-order valence-electron chi connectivity index (χ4n) is 1.17. The van der Waals surface area contributed by atoms with Crippen molar-refractivity contribution >= 4 is 23.6 Å². The van der Waals surface area contributed by atoms with E-state index in [1.807, 2.05) is 0 Å². The summed E-state index contributed by atoms with van der Waals surface area (Å²) in [7, 11) is 1.53. The number of rotatable bonds is 6. The molecule has 0 aromatic carbocycles. The third kappa shape index (κ3) is 4.58. The van der Waals surface area contributed by atoms with Gasteiger partial charge in [-0.25, -0.2) is 0 Å². The Kier molecular flexibility index (Phi) is 5.37. The molecule has 0 saturated carbocycles. The monoisotopic (exact) mass is 271 g/mol. The maximum absolute atomic E-state index is 11.1. The van der Waals surface area contributed by atoms with E-state index in [0.717, 1.165) is 11.8 Å². The zero-order valence-corrected chi connectivity index (χ0v) is 10.6. The minimum atomic E-state index is -0.990. The SMILES string of the molecule is CNC(=O)CCn1ccc(=O)nc1SCC(=O)O. The molecule has 0 aliphatic rings. The summed E-state index contributed by atoms with van der Waals surface area (Å²) >= 11 is 0.949. The Bertz CT molecular complexity index is 500. The van der Waals surface area contributed by atoms with Crippen molar-refractivity contribution in [1.29, 1.82) is 0 Å². The Morgan fingerprint density at radius 3 is 2.89 bits per heavy atom. The highest BCUT2D eigenvalue weighted by atomic mass is 32.2. The van der Waals surface area contributed by atoms with Crippen LogP contribution in [0.3, 0.4) is 0 Å².